The van der Waals surface area contributed by atoms with Crippen LogP contribution in [0.4, 0.5) is 0 Å². The molecule has 2 atom stereocenters. The summed E-state index contributed by atoms with van der Waals surface area (Å²) in [6.07, 6.45) is -0.0426. The van der Waals surface area contributed by atoms with Crippen LogP contribution in [0.25, 0.3) is 0 Å². The van der Waals surface area contributed by atoms with E-state index in [9.17, 15) is 8.42 Å². The third-order valence-corrected chi connectivity index (χ3v) is 4.81. The Morgan fingerprint density at radius 3 is 2.72 bits per heavy atom. The van der Waals surface area contributed by atoms with Crippen molar-refractivity contribution in [1.29, 1.82) is 0 Å². The van der Waals surface area contributed by atoms with Crippen LogP contribution in [0.1, 0.15) is 13.3 Å². The van der Waals surface area contributed by atoms with Crippen LogP contribution in [0.15, 0.2) is 0 Å². The Morgan fingerprint density at radius 2 is 2.17 bits per heavy atom. The predicted octanol–water partition coefficient (Wildman–Crippen LogP) is -1.41. The third kappa shape index (κ3) is 3.87. The topological polar surface area (TPSA) is 96.1 Å². The van der Waals surface area contributed by atoms with Crippen molar-refractivity contribution in [2.75, 3.05) is 39.8 Å². The summed E-state index contributed by atoms with van der Waals surface area (Å²) in [6, 6.07) is 0. The van der Waals surface area contributed by atoms with E-state index in [4.69, 9.17) is 15.6 Å². The van der Waals surface area contributed by atoms with E-state index < -0.39 is 16.3 Å². The van der Waals surface area contributed by atoms with Gasteiger partial charge in [0.15, 0.2) is 0 Å². The van der Waals surface area contributed by atoms with Crippen molar-refractivity contribution in [2.45, 2.75) is 25.6 Å². The number of nitrogens with zero attached hydrogens (tertiary/aromatic N) is 2. The molecule has 1 aliphatic rings. The van der Waals surface area contributed by atoms with E-state index in [0.29, 0.717) is 26.1 Å². The predicted molar refractivity (Wildman–Crippen MR) is 68.2 cm³/mol. The summed E-state index contributed by atoms with van der Waals surface area (Å²) in [5.74, 6) is 0. The second kappa shape index (κ2) is 6.78. The van der Waals surface area contributed by atoms with Crippen LogP contribution >= 0.6 is 0 Å². The quantitative estimate of drug-likeness (QED) is 0.624. The number of rotatable bonds is 6. The highest BCUT2D eigenvalue weighted by Crippen LogP contribution is 2.16. The molecule has 1 rings (SSSR count). The van der Waals surface area contributed by atoms with Crippen molar-refractivity contribution in [3.8, 4) is 0 Å². The first-order valence-electron chi connectivity index (χ1n) is 6.09. The van der Waals surface area contributed by atoms with Crippen LogP contribution < -0.4 is 5.73 Å². The molecule has 0 aromatic carbocycles. The van der Waals surface area contributed by atoms with Crippen LogP contribution in [-0.2, 0) is 14.9 Å². The largest absolute Gasteiger partial charge is 0.394 e. The lowest BCUT2D eigenvalue weighted by molar-refractivity contribution is -0.0759. The van der Waals surface area contributed by atoms with Crippen molar-refractivity contribution < 1.29 is 18.3 Å². The highest BCUT2D eigenvalue weighted by atomic mass is 32.2. The Morgan fingerprint density at radius 1 is 1.50 bits per heavy atom. The fraction of sp³-hybridized carbons (Fsp3) is 1.00. The van der Waals surface area contributed by atoms with E-state index in [0.717, 1.165) is 0 Å². The third-order valence-electron chi connectivity index (χ3n) is 2.89. The molecule has 0 bridgehead atoms. The van der Waals surface area contributed by atoms with E-state index in [1.165, 1.54) is 8.61 Å². The van der Waals surface area contributed by atoms with E-state index in [1.54, 1.807) is 14.0 Å². The molecule has 0 amide bonds. The van der Waals surface area contributed by atoms with Crippen LogP contribution in [-0.4, -0.2) is 74.2 Å². The van der Waals surface area contributed by atoms with Gasteiger partial charge < -0.3 is 15.6 Å². The van der Waals surface area contributed by atoms with Crippen LogP contribution in [0, 0.1) is 0 Å². The molecule has 18 heavy (non-hydrogen) atoms. The van der Waals surface area contributed by atoms with Crippen LogP contribution in [0.3, 0.4) is 0 Å². The summed E-state index contributed by atoms with van der Waals surface area (Å²) in [5, 5.41) is 9.10. The number of morpholine rings is 1. The number of hydrogen-bond acceptors (Lipinski definition) is 5. The monoisotopic (exact) mass is 281 g/mol. The molecule has 1 saturated heterocycles. The Bertz CT molecular complexity index is 349. The van der Waals surface area contributed by atoms with Gasteiger partial charge in [-0.15, -0.1) is 0 Å². The molecule has 0 saturated carbocycles. The minimum atomic E-state index is -3.49. The molecule has 1 heterocycles. The van der Waals surface area contributed by atoms with Gasteiger partial charge in [0, 0.05) is 26.7 Å². The van der Waals surface area contributed by atoms with Gasteiger partial charge in [0.25, 0.3) is 10.2 Å². The summed E-state index contributed by atoms with van der Waals surface area (Å²) in [6.45, 7) is 2.97. The summed E-state index contributed by atoms with van der Waals surface area (Å²) >= 11 is 0. The number of nitrogens with two attached hydrogens (primary N) is 1. The van der Waals surface area contributed by atoms with Crippen molar-refractivity contribution in [3.63, 3.8) is 0 Å². The molecular weight excluding hydrogens is 258 g/mol. The van der Waals surface area contributed by atoms with Gasteiger partial charge in [-0.25, -0.2) is 0 Å². The van der Waals surface area contributed by atoms with E-state index in [2.05, 4.69) is 0 Å². The average Bonchev–Trinajstić information content (AvgIpc) is 2.34. The van der Waals surface area contributed by atoms with E-state index >= 15 is 0 Å². The first kappa shape index (κ1) is 15.8. The van der Waals surface area contributed by atoms with E-state index in [-0.39, 0.29) is 19.3 Å². The zero-order valence-corrected chi connectivity index (χ0v) is 11.8. The van der Waals surface area contributed by atoms with Gasteiger partial charge >= 0.3 is 0 Å². The highest BCUT2D eigenvalue weighted by molar-refractivity contribution is 7.86. The molecule has 0 aromatic heterocycles. The first-order chi connectivity index (χ1) is 8.41. The standard InChI is InChI=1S/C10H23N3O4S/c1-9-6-13(7-10(8-14)17-9)18(15,16)12(2)5-3-4-11/h9-10,14H,3-8,11H2,1-2H3. The fourth-order valence-corrected chi connectivity index (χ4v) is 3.43. The summed E-state index contributed by atoms with van der Waals surface area (Å²) in [5.41, 5.74) is 5.38. The van der Waals surface area contributed by atoms with Crippen molar-refractivity contribution in [3.05, 3.63) is 0 Å². The minimum Gasteiger partial charge on any atom is -0.394 e. The Kier molecular flexibility index (Phi) is 5.96. The second-order valence-electron chi connectivity index (χ2n) is 4.54. The van der Waals surface area contributed by atoms with Gasteiger partial charge in [-0.2, -0.15) is 17.0 Å². The van der Waals surface area contributed by atoms with Gasteiger partial charge in [-0.05, 0) is 19.9 Å². The molecule has 7 nitrogen and oxygen atoms in total. The number of aliphatic hydroxyl groups is 1. The molecule has 0 aliphatic carbocycles. The molecule has 108 valence electrons. The Balaban J connectivity index is 2.71. The fourth-order valence-electron chi connectivity index (χ4n) is 1.92. The second-order valence-corrected chi connectivity index (χ2v) is 6.58. The lowest BCUT2D eigenvalue weighted by Crippen LogP contribution is -2.53. The normalized spacial score (nSPS) is 26.7. The lowest BCUT2D eigenvalue weighted by atomic mass is 10.2. The molecule has 1 fully saturated rings. The van der Waals surface area contributed by atoms with Crippen LogP contribution in [0.2, 0.25) is 0 Å². The molecule has 0 radical (unpaired) electrons. The maximum atomic E-state index is 12.3. The van der Waals surface area contributed by atoms with Gasteiger partial charge in [-0.3, -0.25) is 0 Å². The minimum absolute atomic E-state index is 0.178. The molecule has 8 heteroatoms. The number of hydrogen-bond donors (Lipinski definition) is 2. The SMILES string of the molecule is CC1CN(S(=O)(=O)N(C)CCCN)CC(CO)O1. The zero-order chi connectivity index (χ0) is 13.8. The highest BCUT2D eigenvalue weighted by Gasteiger charge is 2.34. The first-order valence-corrected chi connectivity index (χ1v) is 7.49. The number of ether oxygens (including phenoxy) is 1. The molecule has 3 N–H and O–H groups in total. The van der Waals surface area contributed by atoms with E-state index in [1.807, 2.05) is 0 Å². The van der Waals surface area contributed by atoms with Crippen molar-refractivity contribution in [1.82, 2.24) is 8.61 Å². The summed E-state index contributed by atoms with van der Waals surface area (Å²) in [4.78, 5) is 0. The van der Waals surface area contributed by atoms with Crippen molar-refractivity contribution >= 4 is 10.2 Å². The summed E-state index contributed by atoms with van der Waals surface area (Å²) < 4.78 is 32.6. The van der Waals surface area contributed by atoms with Crippen LogP contribution in [0.5, 0.6) is 0 Å². The zero-order valence-electron chi connectivity index (χ0n) is 10.9. The van der Waals surface area contributed by atoms with Crippen molar-refractivity contribution in [2.24, 2.45) is 5.73 Å². The van der Waals surface area contributed by atoms with Gasteiger partial charge in [0.05, 0.1) is 18.8 Å². The van der Waals surface area contributed by atoms with Gasteiger partial charge in [-0.1, -0.05) is 0 Å². The lowest BCUT2D eigenvalue weighted by Gasteiger charge is -2.37. The smallest absolute Gasteiger partial charge is 0.281 e. The molecule has 0 spiro atoms. The Hall–Kier alpha value is -0.250. The molecule has 2 unspecified atom stereocenters. The molecule has 0 aromatic rings. The Labute approximate surface area is 109 Å². The number of aliphatic hydroxyl groups excluding tert-OH is 1. The molecule has 1 aliphatic heterocycles. The summed E-state index contributed by atoms with van der Waals surface area (Å²) in [7, 11) is -1.95. The van der Waals surface area contributed by atoms with Gasteiger partial charge in [0.2, 0.25) is 0 Å². The van der Waals surface area contributed by atoms with Gasteiger partial charge in [0.1, 0.15) is 0 Å². The maximum Gasteiger partial charge on any atom is 0.281 e. The molecular formula is C10H23N3O4S. The average molecular weight is 281 g/mol. The maximum absolute atomic E-state index is 12.3.